The van der Waals surface area contributed by atoms with Crippen LogP contribution in [-0.4, -0.2) is 47.2 Å². The Morgan fingerprint density at radius 3 is 2.94 bits per heavy atom. The van der Waals surface area contributed by atoms with E-state index in [0.717, 1.165) is 0 Å². The summed E-state index contributed by atoms with van der Waals surface area (Å²) in [5.41, 5.74) is 0.390. The van der Waals surface area contributed by atoms with Crippen LogP contribution in [0.5, 0.6) is 0 Å². The molecule has 0 aliphatic heterocycles. The second-order valence-corrected chi connectivity index (χ2v) is 3.62. The van der Waals surface area contributed by atoms with Crippen LogP contribution < -0.4 is 0 Å². The Hall–Kier alpha value is -1.87. The fourth-order valence-corrected chi connectivity index (χ4v) is 1.39. The summed E-state index contributed by atoms with van der Waals surface area (Å²) in [7, 11) is 3.38. The van der Waals surface area contributed by atoms with Gasteiger partial charge in [0.1, 0.15) is 5.69 Å². The van der Waals surface area contributed by atoms with Gasteiger partial charge in [-0.2, -0.15) is 5.26 Å². The van der Waals surface area contributed by atoms with Crippen LogP contribution in [0.1, 0.15) is 16.9 Å². The molecule has 1 aromatic rings. The van der Waals surface area contributed by atoms with Crippen molar-refractivity contribution in [2.45, 2.75) is 6.42 Å². The Morgan fingerprint density at radius 1 is 1.65 bits per heavy atom. The number of rotatable bonds is 6. The highest BCUT2D eigenvalue weighted by atomic mass is 16.5. The predicted octanol–water partition coefficient (Wildman–Crippen LogP) is 0.422. The van der Waals surface area contributed by atoms with E-state index in [2.05, 4.69) is 4.98 Å². The van der Waals surface area contributed by atoms with Gasteiger partial charge in [0.2, 0.25) is 0 Å². The van der Waals surface area contributed by atoms with Crippen LogP contribution in [0.4, 0.5) is 0 Å². The molecule has 0 aliphatic rings. The second-order valence-electron chi connectivity index (χ2n) is 3.62. The predicted molar refractivity (Wildman–Crippen MR) is 61.2 cm³/mol. The Balaban J connectivity index is 2.68. The van der Waals surface area contributed by atoms with Gasteiger partial charge in [-0.25, -0.2) is 4.98 Å². The number of aromatic nitrogens is 2. The van der Waals surface area contributed by atoms with Crippen molar-refractivity contribution in [2.75, 3.05) is 26.8 Å². The molecule has 1 heterocycles. The number of methoxy groups -OCH3 is 1. The van der Waals surface area contributed by atoms with E-state index in [1.807, 2.05) is 6.07 Å². The monoisotopic (exact) mass is 236 g/mol. The van der Waals surface area contributed by atoms with Crippen LogP contribution in [0.25, 0.3) is 0 Å². The van der Waals surface area contributed by atoms with E-state index >= 15 is 0 Å². The third-order valence-electron chi connectivity index (χ3n) is 2.27. The Morgan fingerprint density at radius 2 is 2.41 bits per heavy atom. The molecule has 6 nitrogen and oxygen atoms in total. The fourth-order valence-electron chi connectivity index (χ4n) is 1.39. The molecule has 0 N–H and O–H groups in total. The third-order valence-corrected chi connectivity index (χ3v) is 2.27. The topological polar surface area (TPSA) is 71.2 Å². The van der Waals surface area contributed by atoms with Gasteiger partial charge in [-0.05, 0) is 0 Å². The minimum Gasteiger partial charge on any atom is -0.383 e. The molecule has 0 saturated carbocycles. The van der Waals surface area contributed by atoms with E-state index in [-0.39, 0.29) is 5.91 Å². The molecule has 0 aromatic carbocycles. The van der Waals surface area contributed by atoms with Crippen LogP contribution in [0.15, 0.2) is 12.5 Å². The van der Waals surface area contributed by atoms with Crippen molar-refractivity contribution in [3.05, 3.63) is 18.2 Å². The molecule has 6 heteroatoms. The molecule has 0 spiro atoms. The van der Waals surface area contributed by atoms with E-state index in [1.54, 1.807) is 36.1 Å². The van der Waals surface area contributed by atoms with Crippen LogP contribution in [0.3, 0.4) is 0 Å². The zero-order valence-corrected chi connectivity index (χ0v) is 10.1. The van der Waals surface area contributed by atoms with Crippen LogP contribution in [-0.2, 0) is 11.8 Å². The molecule has 0 radical (unpaired) electrons. The van der Waals surface area contributed by atoms with Crippen molar-refractivity contribution >= 4 is 5.91 Å². The lowest BCUT2D eigenvalue weighted by atomic mass is 10.3. The smallest absolute Gasteiger partial charge is 0.274 e. The number of hydrogen-bond acceptors (Lipinski definition) is 4. The van der Waals surface area contributed by atoms with Crippen LogP contribution >= 0.6 is 0 Å². The van der Waals surface area contributed by atoms with Gasteiger partial charge in [-0.15, -0.1) is 0 Å². The quantitative estimate of drug-likeness (QED) is 0.717. The maximum atomic E-state index is 12.1. The summed E-state index contributed by atoms with van der Waals surface area (Å²) in [6.45, 7) is 1.31. The molecule has 0 saturated heterocycles. The van der Waals surface area contributed by atoms with Crippen LogP contribution in [0, 0.1) is 11.3 Å². The van der Waals surface area contributed by atoms with Gasteiger partial charge in [0, 0.05) is 33.4 Å². The first kappa shape index (κ1) is 13.2. The average molecular weight is 236 g/mol. The van der Waals surface area contributed by atoms with Gasteiger partial charge in [-0.3, -0.25) is 4.79 Å². The van der Waals surface area contributed by atoms with E-state index in [9.17, 15) is 4.79 Å². The maximum absolute atomic E-state index is 12.1. The third kappa shape index (κ3) is 3.89. The summed E-state index contributed by atoms with van der Waals surface area (Å²) in [5.74, 6) is -0.169. The largest absolute Gasteiger partial charge is 0.383 e. The SMILES string of the molecule is COCCN(CCC#N)C(=O)c1cn(C)cn1. The Bertz CT molecular complexity index is 408. The minimum atomic E-state index is -0.169. The number of carbonyl (C=O) groups excluding carboxylic acids is 1. The zero-order valence-electron chi connectivity index (χ0n) is 10.1. The number of nitriles is 1. The molecular formula is C11H16N4O2. The number of imidazole rings is 1. The van der Waals surface area contributed by atoms with Crippen molar-refractivity contribution in [3.63, 3.8) is 0 Å². The molecule has 1 rings (SSSR count). The minimum absolute atomic E-state index is 0.169. The van der Waals surface area contributed by atoms with Crippen molar-refractivity contribution in [1.29, 1.82) is 5.26 Å². The number of amides is 1. The molecule has 92 valence electrons. The summed E-state index contributed by atoms with van der Waals surface area (Å²) in [5, 5.41) is 8.56. The highest BCUT2D eigenvalue weighted by Crippen LogP contribution is 2.02. The van der Waals surface area contributed by atoms with Gasteiger partial charge in [0.25, 0.3) is 5.91 Å². The average Bonchev–Trinajstić information content (AvgIpc) is 2.75. The summed E-state index contributed by atoms with van der Waals surface area (Å²) in [4.78, 5) is 17.6. The van der Waals surface area contributed by atoms with Crippen molar-refractivity contribution < 1.29 is 9.53 Å². The van der Waals surface area contributed by atoms with E-state index < -0.39 is 0 Å². The van der Waals surface area contributed by atoms with E-state index in [4.69, 9.17) is 10.00 Å². The summed E-state index contributed by atoms with van der Waals surface area (Å²) in [6.07, 6.45) is 3.54. The van der Waals surface area contributed by atoms with E-state index in [1.165, 1.54) is 0 Å². The highest BCUT2D eigenvalue weighted by Gasteiger charge is 2.17. The lowest BCUT2D eigenvalue weighted by Crippen LogP contribution is -2.34. The summed E-state index contributed by atoms with van der Waals surface area (Å²) >= 11 is 0. The number of ether oxygens (including phenoxy) is 1. The molecule has 0 bridgehead atoms. The molecule has 1 aromatic heterocycles. The molecule has 0 aliphatic carbocycles. The molecule has 1 amide bonds. The number of nitrogens with zero attached hydrogens (tertiary/aromatic N) is 4. The maximum Gasteiger partial charge on any atom is 0.274 e. The van der Waals surface area contributed by atoms with E-state index in [0.29, 0.717) is 31.8 Å². The first-order valence-corrected chi connectivity index (χ1v) is 5.32. The molecule has 0 fully saturated rings. The second kappa shape index (κ2) is 6.66. The summed E-state index contributed by atoms with van der Waals surface area (Å²) < 4.78 is 6.66. The summed E-state index contributed by atoms with van der Waals surface area (Å²) in [6, 6.07) is 2.03. The molecule has 0 unspecified atom stereocenters. The standard InChI is InChI=1S/C11H16N4O2/c1-14-8-10(13-9-14)11(16)15(5-3-4-12)6-7-17-2/h8-9H,3,5-7H2,1-2H3. The molecule has 0 atom stereocenters. The Labute approximate surface area is 100 Å². The number of carbonyl (C=O) groups is 1. The van der Waals surface area contributed by atoms with Gasteiger partial charge < -0.3 is 14.2 Å². The molecular weight excluding hydrogens is 220 g/mol. The van der Waals surface area contributed by atoms with Gasteiger partial charge in [-0.1, -0.05) is 0 Å². The molecule has 17 heavy (non-hydrogen) atoms. The van der Waals surface area contributed by atoms with Crippen LogP contribution in [0.2, 0.25) is 0 Å². The lowest BCUT2D eigenvalue weighted by molar-refractivity contribution is 0.0694. The number of aryl methyl sites for hydroxylation is 1. The first-order chi connectivity index (χ1) is 8.19. The highest BCUT2D eigenvalue weighted by molar-refractivity contribution is 5.92. The van der Waals surface area contributed by atoms with Crippen molar-refractivity contribution in [1.82, 2.24) is 14.5 Å². The number of hydrogen-bond donors (Lipinski definition) is 0. The van der Waals surface area contributed by atoms with Crippen molar-refractivity contribution in [3.8, 4) is 6.07 Å². The van der Waals surface area contributed by atoms with Gasteiger partial charge in [0.15, 0.2) is 0 Å². The zero-order chi connectivity index (χ0) is 12.7. The fraction of sp³-hybridized carbons (Fsp3) is 0.545. The normalized spacial score (nSPS) is 9.94. The van der Waals surface area contributed by atoms with Crippen molar-refractivity contribution in [2.24, 2.45) is 7.05 Å². The first-order valence-electron chi connectivity index (χ1n) is 5.32. The van der Waals surface area contributed by atoms with Gasteiger partial charge >= 0.3 is 0 Å². The lowest BCUT2D eigenvalue weighted by Gasteiger charge is -2.19. The van der Waals surface area contributed by atoms with Gasteiger partial charge in [0.05, 0.1) is 25.4 Å². The Kier molecular flexibility index (Phi) is 5.17.